The summed E-state index contributed by atoms with van der Waals surface area (Å²) in [5.74, 6) is 0.946. The van der Waals surface area contributed by atoms with E-state index in [0.717, 1.165) is 47.9 Å². The normalized spacial score (nSPS) is 20.2. The highest BCUT2D eigenvalue weighted by Crippen LogP contribution is 2.22. The molecule has 130 valence electrons. The standard InChI is InChI=1S/C19H24N2O2.ClH/c1-19(9-3-4-10-21-19)18(22)20-13-14-5-6-16-12-17(23-2)8-7-15(16)11-14;/h5-8,11-12,21H,3-4,9-10,13H2,1-2H3,(H,20,22);1H. The number of carbonyl (C=O) groups excluding carboxylic acids is 1. The van der Waals surface area contributed by atoms with Gasteiger partial charge in [-0.3, -0.25) is 4.79 Å². The van der Waals surface area contributed by atoms with E-state index in [0.29, 0.717) is 6.54 Å². The predicted octanol–water partition coefficient (Wildman–Crippen LogP) is 3.42. The largest absolute Gasteiger partial charge is 0.497 e. The molecule has 1 fully saturated rings. The van der Waals surface area contributed by atoms with Crippen LogP contribution in [0.5, 0.6) is 5.75 Å². The van der Waals surface area contributed by atoms with Crippen LogP contribution in [0.2, 0.25) is 0 Å². The van der Waals surface area contributed by atoms with Crippen LogP contribution in [-0.2, 0) is 11.3 Å². The summed E-state index contributed by atoms with van der Waals surface area (Å²) in [6.45, 7) is 3.47. The van der Waals surface area contributed by atoms with E-state index in [-0.39, 0.29) is 18.3 Å². The summed E-state index contributed by atoms with van der Waals surface area (Å²) in [4.78, 5) is 12.5. The Kier molecular flexibility index (Phi) is 6.08. The van der Waals surface area contributed by atoms with Gasteiger partial charge in [0, 0.05) is 6.54 Å². The van der Waals surface area contributed by atoms with Gasteiger partial charge in [-0.25, -0.2) is 0 Å². The summed E-state index contributed by atoms with van der Waals surface area (Å²) < 4.78 is 5.25. The van der Waals surface area contributed by atoms with Gasteiger partial charge in [-0.15, -0.1) is 12.4 Å². The monoisotopic (exact) mass is 348 g/mol. The lowest BCUT2D eigenvalue weighted by molar-refractivity contribution is -0.128. The molecule has 4 nitrogen and oxygen atoms in total. The molecule has 0 spiro atoms. The molecule has 0 bridgehead atoms. The Balaban J connectivity index is 0.00000208. The van der Waals surface area contributed by atoms with Crippen molar-refractivity contribution in [1.29, 1.82) is 0 Å². The Labute approximate surface area is 149 Å². The highest BCUT2D eigenvalue weighted by molar-refractivity contribution is 5.87. The number of nitrogens with one attached hydrogen (secondary N) is 2. The SMILES string of the molecule is COc1ccc2cc(CNC(=O)C3(C)CCCCN3)ccc2c1.Cl. The first-order valence-corrected chi connectivity index (χ1v) is 8.21. The van der Waals surface area contributed by atoms with Crippen molar-refractivity contribution in [2.45, 2.75) is 38.3 Å². The summed E-state index contributed by atoms with van der Waals surface area (Å²) in [7, 11) is 1.67. The lowest BCUT2D eigenvalue weighted by Gasteiger charge is -2.33. The molecule has 1 unspecified atom stereocenters. The van der Waals surface area contributed by atoms with E-state index >= 15 is 0 Å². The van der Waals surface area contributed by atoms with E-state index in [1.165, 1.54) is 0 Å². The molecule has 3 rings (SSSR count). The maximum absolute atomic E-state index is 12.5. The van der Waals surface area contributed by atoms with Gasteiger partial charge in [-0.2, -0.15) is 0 Å². The van der Waals surface area contributed by atoms with Crippen LogP contribution in [0.1, 0.15) is 31.7 Å². The van der Waals surface area contributed by atoms with Crippen LogP contribution >= 0.6 is 12.4 Å². The minimum atomic E-state index is -0.428. The molecule has 5 heteroatoms. The minimum Gasteiger partial charge on any atom is -0.497 e. The van der Waals surface area contributed by atoms with Gasteiger partial charge < -0.3 is 15.4 Å². The molecule has 2 N–H and O–H groups in total. The third-order valence-electron chi connectivity index (χ3n) is 4.68. The molecule has 1 saturated heterocycles. The third kappa shape index (κ3) is 4.00. The average molecular weight is 349 g/mol. The molecule has 0 aliphatic carbocycles. The van der Waals surface area contributed by atoms with Gasteiger partial charge in [0.05, 0.1) is 12.6 Å². The van der Waals surface area contributed by atoms with Crippen LogP contribution in [0, 0.1) is 0 Å². The Hall–Kier alpha value is -1.78. The number of carbonyl (C=O) groups is 1. The number of methoxy groups -OCH3 is 1. The van der Waals surface area contributed by atoms with Crippen molar-refractivity contribution in [3.63, 3.8) is 0 Å². The maximum Gasteiger partial charge on any atom is 0.240 e. The predicted molar refractivity (Wildman–Crippen MR) is 99.9 cm³/mol. The van der Waals surface area contributed by atoms with E-state index in [2.05, 4.69) is 28.8 Å². The van der Waals surface area contributed by atoms with E-state index in [1.54, 1.807) is 7.11 Å². The lowest BCUT2D eigenvalue weighted by Crippen LogP contribution is -2.56. The minimum absolute atomic E-state index is 0. The first-order valence-electron chi connectivity index (χ1n) is 8.21. The zero-order valence-electron chi connectivity index (χ0n) is 14.2. The quantitative estimate of drug-likeness (QED) is 0.890. The summed E-state index contributed by atoms with van der Waals surface area (Å²) in [6.07, 6.45) is 3.15. The summed E-state index contributed by atoms with van der Waals surface area (Å²) in [5.41, 5.74) is 0.679. The van der Waals surface area contributed by atoms with Gasteiger partial charge in [0.15, 0.2) is 0 Å². The van der Waals surface area contributed by atoms with Crippen molar-refractivity contribution >= 4 is 29.1 Å². The van der Waals surface area contributed by atoms with Gasteiger partial charge in [-0.1, -0.05) is 18.2 Å². The Morgan fingerprint density at radius 3 is 2.67 bits per heavy atom. The highest BCUT2D eigenvalue weighted by atomic mass is 35.5. The summed E-state index contributed by atoms with van der Waals surface area (Å²) in [5, 5.41) is 8.71. The Morgan fingerprint density at radius 1 is 1.21 bits per heavy atom. The number of hydrogen-bond donors (Lipinski definition) is 2. The second kappa shape index (κ2) is 7.86. The van der Waals surface area contributed by atoms with Gasteiger partial charge in [0.2, 0.25) is 5.91 Å². The zero-order chi connectivity index (χ0) is 16.3. The molecule has 0 radical (unpaired) electrons. The second-order valence-electron chi connectivity index (χ2n) is 6.45. The summed E-state index contributed by atoms with van der Waals surface area (Å²) >= 11 is 0. The van der Waals surface area contributed by atoms with Crippen molar-refractivity contribution in [3.8, 4) is 5.75 Å². The molecule has 1 atom stereocenters. The average Bonchev–Trinajstić information content (AvgIpc) is 2.59. The Morgan fingerprint density at radius 2 is 1.96 bits per heavy atom. The van der Waals surface area contributed by atoms with Crippen LogP contribution in [0.25, 0.3) is 10.8 Å². The highest BCUT2D eigenvalue weighted by Gasteiger charge is 2.33. The second-order valence-corrected chi connectivity index (χ2v) is 6.45. The molecule has 1 heterocycles. The molecule has 1 amide bonds. The fraction of sp³-hybridized carbons (Fsp3) is 0.421. The molecule has 2 aromatic rings. The van der Waals surface area contributed by atoms with Crippen molar-refractivity contribution < 1.29 is 9.53 Å². The molecule has 2 aromatic carbocycles. The molecular weight excluding hydrogens is 324 g/mol. The number of benzene rings is 2. The van der Waals surface area contributed by atoms with Gasteiger partial charge in [0.1, 0.15) is 5.75 Å². The third-order valence-corrected chi connectivity index (χ3v) is 4.68. The number of fused-ring (bicyclic) bond motifs is 1. The van der Waals surface area contributed by atoms with Crippen LogP contribution < -0.4 is 15.4 Å². The van der Waals surface area contributed by atoms with Crippen molar-refractivity contribution in [2.24, 2.45) is 0 Å². The van der Waals surface area contributed by atoms with E-state index in [4.69, 9.17) is 4.74 Å². The van der Waals surface area contributed by atoms with Crippen LogP contribution in [0.4, 0.5) is 0 Å². The van der Waals surface area contributed by atoms with Gasteiger partial charge in [-0.05, 0) is 67.3 Å². The number of halogens is 1. The smallest absolute Gasteiger partial charge is 0.240 e. The van der Waals surface area contributed by atoms with Crippen molar-refractivity contribution in [3.05, 3.63) is 42.0 Å². The first kappa shape index (κ1) is 18.6. The van der Waals surface area contributed by atoms with E-state index in [1.807, 2.05) is 25.1 Å². The van der Waals surface area contributed by atoms with Crippen LogP contribution in [0.15, 0.2) is 36.4 Å². The van der Waals surface area contributed by atoms with Crippen molar-refractivity contribution in [1.82, 2.24) is 10.6 Å². The van der Waals surface area contributed by atoms with Gasteiger partial charge in [0.25, 0.3) is 0 Å². The number of rotatable bonds is 4. The lowest BCUT2D eigenvalue weighted by atomic mass is 9.90. The fourth-order valence-corrected chi connectivity index (χ4v) is 3.14. The van der Waals surface area contributed by atoms with Gasteiger partial charge >= 0.3 is 0 Å². The molecular formula is C19H25ClN2O2. The summed E-state index contributed by atoms with van der Waals surface area (Å²) in [6, 6.07) is 12.3. The van der Waals surface area contributed by atoms with Crippen LogP contribution in [-0.4, -0.2) is 25.1 Å². The number of ether oxygens (including phenoxy) is 1. The van der Waals surface area contributed by atoms with Crippen LogP contribution in [0.3, 0.4) is 0 Å². The van der Waals surface area contributed by atoms with Crippen molar-refractivity contribution in [2.75, 3.05) is 13.7 Å². The van der Waals surface area contributed by atoms with E-state index < -0.39 is 5.54 Å². The molecule has 0 saturated carbocycles. The molecule has 0 aromatic heterocycles. The topological polar surface area (TPSA) is 50.4 Å². The number of amides is 1. The fourth-order valence-electron chi connectivity index (χ4n) is 3.14. The molecule has 24 heavy (non-hydrogen) atoms. The molecule has 1 aliphatic rings. The maximum atomic E-state index is 12.5. The zero-order valence-corrected chi connectivity index (χ0v) is 15.0. The van der Waals surface area contributed by atoms with E-state index in [9.17, 15) is 4.79 Å². The number of hydrogen-bond acceptors (Lipinski definition) is 3. The molecule has 1 aliphatic heterocycles. The first-order chi connectivity index (χ1) is 11.1. The Bertz CT molecular complexity index is 712. The number of piperidine rings is 1.